The minimum absolute atomic E-state index is 0.00246. The number of benzene rings is 1. The Morgan fingerprint density at radius 3 is 2.40 bits per heavy atom. The highest BCUT2D eigenvalue weighted by Gasteiger charge is 2.45. The van der Waals surface area contributed by atoms with E-state index in [9.17, 15) is 24.0 Å². The number of nitrogens with one attached hydrogen (secondary N) is 1. The first-order valence-electron chi connectivity index (χ1n) is 9.85. The third-order valence-electron chi connectivity index (χ3n) is 5.77. The topological polar surface area (TPSA) is 127 Å². The van der Waals surface area contributed by atoms with E-state index in [-0.39, 0.29) is 24.9 Å². The fourth-order valence-electron chi connectivity index (χ4n) is 4.25. The Bertz CT molecular complexity index is 937. The second kappa shape index (κ2) is 7.96. The molecule has 3 aliphatic heterocycles. The number of amides is 4. The zero-order valence-corrected chi connectivity index (χ0v) is 16.3. The van der Waals surface area contributed by atoms with Gasteiger partial charge in [0.15, 0.2) is 0 Å². The Balaban J connectivity index is 1.50. The maximum Gasteiger partial charge on any atom is 0.317 e. The number of piperazine rings is 1. The molecule has 3 heterocycles. The Morgan fingerprint density at radius 1 is 1.03 bits per heavy atom. The number of hydrogen-bond donors (Lipinski definition) is 2. The van der Waals surface area contributed by atoms with Gasteiger partial charge >= 0.3 is 5.97 Å². The Kier molecular flexibility index (Phi) is 5.35. The number of nitrogens with zero attached hydrogens (tertiary/aromatic N) is 3. The molecule has 2 saturated heterocycles. The summed E-state index contributed by atoms with van der Waals surface area (Å²) in [6.07, 6.45) is 0.203. The lowest BCUT2D eigenvalue weighted by Crippen LogP contribution is -2.54. The van der Waals surface area contributed by atoms with Gasteiger partial charge < -0.3 is 5.11 Å². The van der Waals surface area contributed by atoms with Crippen molar-refractivity contribution >= 4 is 29.6 Å². The monoisotopic (exact) mass is 414 g/mol. The van der Waals surface area contributed by atoms with Crippen molar-refractivity contribution < 1.29 is 29.1 Å². The Labute approximate surface area is 172 Å². The summed E-state index contributed by atoms with van der Waals surface area (Å²) in [6, 6.07) is 4.10. The van der Waals surface area contributed by atoms with Crippen molar-refractivity contribution in [3.63, 3.8) is 0 Å². The van der Waals surface area contributed by atoms with Crippen LogP contribution < -0.4 is 5.32 Å². The summed E-state index contributed by atoms with van der Waals surface area (Å²) in [7, 11) is 0. The minimum Gasteiger partial charge on any atom is -0.480 e. The van der Waals surface area contributed by atoms with Crippen LogP contribution in [-0.2, 0) is 20.9 Å². The number of carboxylic acids is 1. The first kappa shape index (κ1) is 20.2. The van der Waals surface area contributed by atoms with Gasteiger partial charge in [-0.15, -0.1) is 0 Å². The zero-order valence-electron chi connectivity index (χ0n) is 16.3. The number of rotatable bonds is 5. The summed E-state index contributed by atoms with van der Waals surface area (Å²) >= 11 is 0. The summed E-state index contributed by atoms with van der Waals surface area (Å²) in [5.41, 5.74) is 1.28. The second-order valence-electron chi connectivity index (χ2n) is 7.73. The second-order valence-corrected chi connectivity index (χ2v) is 7.73. The molecule has 30 heavy (non-hydrogen) atoms. The molecule has 1 atom stereocenters. The minimum atomic E-state index is -0.984. The summed E-state index contributed by atoms with van der Waals surface area (Å²) in [4.78, 5) is 65.4. The van der Waals surface area contributed by atoms with E-state index in [1.807, 2.05) is 4.90 Å². The fourth-order valence-corrected chi connectivity index (χ4v) is 4.25. The summed E-state index contributed by atoms with van der Waals surface area (Å²) in [6.45, 7) is 2.97. The molecule has 2 N–H and O–H groups in total. The van der Waals surface area contributed by atoms with Gasteiger partial charge in [-0.3, -0.25) is 44.0 Å². The number of imide groups is 2. The molecule has 2 fully saturated rings. The number of piperidine rings is 1. The lowest BCUT2D eigenvalue weighted by atomic mass is 10.0. The first-order valence-corrected chi connectivity index (χ1v) is 9.85. The van der Waals surface area contributed by atoms with E-state index in [0.717, 1.165) is 4.90 Å². The van der Waals surface area contributed by atoms with Crippen molar-refractivity contribution in [3.8, 4) is 0 Å². The number of carbonyl (C=O) groups is 5. The Hall–Kier alpha value is -3.11. The number of hydrogen-bond acceptors (Lipinski definition) is 7. The molecule has 0 saturated carbocycles. The highest BCUT2D eigenvalue weighted by Crippen LogP contribution is 2.30. The van der Waals surface area contributed by atoms with E-state index < -0.39 is 35.6 Å². The normalized spacial score (nSPS) is 22.9. The van der Waals surface area contributed by atoms with Crippen molar-refractivity contribution in [1.29, 1.82) is 0 Å². The zero-order chi connectivity index (χ0) is 21.4. The van der Waals surface area contributed by atoms with Gasteiger partial charge in [0.05, 0.1) is 17.7 Å². The molecule has 3 aliphatic rings. The molecule has 1 aromatic carbocycles. The molecular formula is C20H22N4O6. The number of carbonyl (C=O) groups excluding carboxylic acids is 4. The van der Waals surface area contributed by atoms with Crippen LogP contribution >= 0.6 is 0 Å². The van der Waals surface area contributed by atoms with Gasteiger partial charge in [-0.1, -0.05) is 12.1 Å². The molecule has 10 heteroatoms. The van der Waals surface area contributed by atoms with Gasteiger partial charge in [-0.25, -0.2) is 0 Å². The average molecular weight is 414 g/mol. The lowest BCUT2D eigenvalue weighted by Gasteiger charge is -2.34. The van der Waals surface area contributed by atoms with Gasteiger partial charge in [0, 0.05) is 39.1 Å². The average Bonchev–Trinajstić information content (AvgIpc) is 2.95. The first-order chi connectivity index (χ1) is 14.3. The molecular weight excluding hydrogens is 392 g/mol. The number of aliphatic carboxylic acids is 1. The van der Waals surface area contributed by atoms with Crippen LogP contribution in [0.1, 0.15) is 39.1 Å². The molecule has 0 aromatic heterocycles. The molecule has 0 radical (unpaired) electrons. The van der Waals surface area contributed by atoms with E-state index in [1.54, 1.807) is 18.2 Å². The predicted molar refractivity (Wildman–Crippen MR) is 102 cm³/mol. The molecule has 4 amide bonds. The maximum atomic E-state index is 13.1. The van der Waals surface area contributed by atoms with Crippen LogP contribution in [0.3, 0.4) is 0 Å². The van der Waals surface area contributed by atoms with Gasteiger partial charge in [0.25, 0.3) is 11.8 Å². The molecule has 0 spiro atoms. The third-order valence-corrected chi connectivity index (χ3v) is 5.77. The number of carboxylic acid groups (broad SMARTS) is 1. The highest BCUT2D eigenvalue weighted by atomic mass is 16.4. The Morgan fingerprint density at radius 2 is 1.73 bits per heavy atom. The van der Waals surface area contributed by atoms with Gasteiger partial charge in [0.1, 0.15) is 6.04 Å². The molecule has 0 aliphatic carbocycles. The summed E-state index contributed by atoms with van der Waals surface area (Å²) in [5.74, 6) is -2.92. The highest BCUT2D eigenvalue weighted by molar-refractivity contribution is 6.24. The van der Waals surface area contributed by atoms with Crippen LogP contribution in [0.2, 0.25) is 0 Å². The van der Waals surface area contributed by atoms with Gasteiger partial charge in [-0.2, -0.15) is 0 Å². The summed E-state index contributed by atoms with van der Waals surface area (Å²) in [5, 5.41) is 11.1. The van der Waals surface area contributed by atoms with Crippen LogP contribution in [0.15, 0.2) is 18.2 Å². The van der Waals surface area contributed by atoms with E-state index in [1.165, 1.54) is 0 Å². The van der Waals surface area contributed by atoms with E-state index in [4.69, 9.17) is 5.11 Å². The quantitative estimate of drug-likeness (QED) is 0.605. The molecule has 158 valence electrons. The smallest absolute Gasteiger partial charge is 0.317 e. The van der Waals surface area contributed by atoms with Crippen LogP contribution in [-0.4, -0.2) is 88.2 Å². The third kappa shape index (κ3) is 3.71. The van der Waals surface area contributed by atoms with E-state index in [2.05, 4.69) is 10.2 Å². The fraction of sp³-hybridized carbons (Fsp3) is 0.450. The van der Waals surface area contributed by atoms with Crippen LogP contribution in [0, 0.1) is 0 Å². The van der Waals surface area contributed by atoms with E-state index >= 15 is 0 Å². The standard InChI is InChI=1S/C20H22N4O6/c25-15-5-4-14(18(28)21-15)24-19(29)13-3-1-2-12(17(13)20(24)30)10-22-6-8-23(9-7-22)11-16(26)27/h1-3,14H,4-11H2,(H,26,27)(H,21,25,28). The molecule has 0 bridgehead atoms. The van der Waals surface area contributed by atoms with E-state index in [0.29, 0.717) is 43.9 Å². The molecule has 1 unspecified atom stereocenters. The van der Waals surface area contributed by atoms with Crippen molar-refractivity contribution in [2.45, 2.75) is 25.4 Å². The summed E-state index contributed by atoms with van der Waals surface area (Å²) < 4.78 is 0. The lowest BCUT2D eigenvalue weighted by molar-refractivity contribution is -0.139. The van der Waals surface area contributed by atoms with Crippen molar-refractivity contribution in [2.24, 2.45) is 0 Å². The van der Waals surface area contributed by atoms with Crippen molar-refractivity contribution in [3.05, 3.63) is 34.9 Å². The van der Waals surface area contributed by atoms with Crippen LogP contribution in [0.4, 0.5) is 0 Å². The SMILES string of the molecule is O=C(O)CN1CCN(Cc2cccc3c2C(=O)N(C2CCC(=O)NC2=O)C3=O)CC1. The molecule has 10 nitrogen and oxygen atoms in total. The number of fused-ring (bicyclic) bond motifs is 1. The predicted octanol–water partition coefficient (Wildman–Crippen LogP) is -0.710. The molecule has 1 aromatic rings. The van der Waals surface area contributed by atoms with Gasteiger partial charge in [0.2, 0.25) is 11.8 Å². The largest absolute Gasteiger partial charge is 0.480 e. The van der Waals surface area contributed by atoms with Crippen LogP contribution in [0.25, 0.3) is 0 Å². The molecule has 4 rings (SSSR count). The van der Waals surface area contributed by atoms with Crippen LogP contribution in [0.5, 0.6) is 0 Å². The maximum absolute atomic E-state index is 13.1. The van der Waals surface area contributed by atoms with Crippen molar-refractivity contribution in [2.75, 3.05) is 32.7 Å². The van der Waals surface area contributed by atoms with Crippen molar-refractivity contribution in [1.82, 2.24) is 20.0 Å². The van der Waals surface area contributed by atoms with Gasteiger partial charge in [-0.05, 0) is 18.1 Å².